The maximum absolute atomic E-state index is 11.3. The van der Waals surface area contributed by atoms with Crippen LogP contribution in [-0.4, -0.2) is 11.8 Å². The molecule has 2 nitrogen and oxygen atoms in total. The molecule has 0 aromatic heterocycles. The van der Waals surface area contributed by atoms with Gasteiger partial charge in [0.1, 0.15) is 6.10 Å². The van der Waals surface area contributed by atoms with Gasteiger partial charge in [0.2, 0.25) is 0 Å². The molecule has 2 rings (SSSR count). The van der Waals surface area contributed by atoms with Crippen molar-refractivity contribution >= 4 is 29.2 Å². The lowest BCUT2D eigenvalue weighted by atomic mass is 10.1. The summed E-state index contributed by atoms with van der Waals surface area (Å²) in [5, 5.41) is 0.586. The Labute approximate surface area is 97.4 Å². The first-order chi connectivity index (χ1) is 7.22. The van der Waals surface area contributed by atoms with Gasteiger partial charge in [-0.15, -0.1) is 11.6 Å². The van der Waals surface area contributed by atoms with Crippen LogP contribution in [0.4, 0.5) is 0 Å². The second kappa shape index (κ2) is 4.25. The maximum atomic E-state index is 11.3. The molecular formula is C11H8Cl2O2. The lowest BCUT2D eigenvalue weighted by Gasteiger charge is -2.09. The van der Waals surface area contributed by atoms with Crippen molar-refractivity contribution in [3.05, 3.63) is 46.5 Å². The fraction of sp³-hybridized carbons (Fsp3) is 0.182. The maximum Gasteiger partial charge on any atom is 0.335 e. The molecule has 1 aromatic carbocycles. The molecule has 15 heavy (non-hydrogen) atoms. The number of carbonyl (C=O) groups is 1. The van der Waals surface area contributed by atoms with Crippen LogP contribution in [0.2, 0.25) is 5.02 Å². The monoisotopic (exact) mass is 242 g/mol. The van der Waals surface area contributed by atoms with Crippen molar-refractivity contribution in [2.24, 2.45) is 0 Å². The minimum Gasteiger partial charge on any atom is -0.450 e. The predicted octanol–water partition coefficient (Wildman–Crippen LogP) is 3.10. The molecule has 78 valence electrons. The van der Waals surface area contributed by atoms with Gasteiger partial charge in [-0.2, -0.15) is 0 Å². The Morgan fingerprint density at radius 1 is 1.33 bits per heavy atom. The molecule has 4 heteroatoms. The summed E-state index contributed by atoms with van der Waals surface area (Å²) in [6.07, 6.45) is 1.30. The number of esters is 1. The molecule has 1 heterocycles. The van der Waals surface area contributed by atoms with Gasteiger partial charge in [-0.25, -0.2) is 4.79 Å². The molecule has 1 aromatic rings. The molecule has 0 aliphatic carbocycles. The van der Waals surface area contributed by atoms with E-state index in [0.29, 0.717) is 10.6 Å². The van der Waals surface area contributed by atoms with Gasteiger partial charge in [-0.1, -0.05) is 29.8 Å². The van der Waals surface area contributed by atoms with Crippen molar-refractivity contribution in [2.75, 3.05) is 5.88 Å². The smallest absolute Gasteiger partial charge is 0.335 e. The number of cyclic esters (lactones) is 1. The molecule has 1 aliphatic heterocycles. The molecule has 0 saturated carbocycles. The van der Waals surface area contributed by atoms with Crippen LogP contribution in [0, 0.1) is 0 Å². The summed E-state index contributed by atoms with van der Waals surface area (Å²) in [6.45, 7) is 0. The molecular weight excluding hydrogens is 235 g/mol. The Bertz CT molecular complexity index is 426. The van der Waals surface area contributed by atoms with Crippen LogP contribution in [-0.2, 0) is 9.53 Å². The van der Waals surface area contributed by atoms with Crippen molar-refractivity contribution in [2.45, 2.75) is 6.10 Å². The second-order valence-corrected chi connectivity index (χ2v) is 3.85. The Hall–Kier alpha value is -0.990. The lowest BCUT2D eigenvalue weighted by Crippen LogP contribution is -2.03. The number of alkyl halides is 1. The topological polar surface area (TPSA) is 26.3 Å². The molecule has 0 spiro atoms. The number of hydrogen-bond acceptors (Lipinski definition) is 2. The van der Waals surface area contributed by atoms with E-state index in [2.05, 4.69) is 0 Å². The fourth-order valence-corrected chi connectivity index (χ4v) is 1.88. The zero-order valence-corrected chi connectivity index (χ0v) is 9.26. The SMILES string of the molecule is O=C1OC(c2ccccc2Cl)C=C1CCl. The van der Waals surface area contributed by atoms with Gasteiger partial charge < -0.3 is 4.74 Å². The second-order valence-electron chi connectivity index (χ2n) is 3.17. The van der Waals surface area contributed by atoms with E-state index >= 15 is 0 Å². The molecule has 0 saturated heterocycles. The zero-order chi connectivity index (χ0) is 10.8. The number of benzene rings is 1. The Morgan fingerprint density at radius 3 is 2.67 bits per heavy atom. The number of rotatable bonds is 2. The van der Waals surface area contributed by atoms with E-state index < -0.39 is 6.10 Å². The summed E-state index contributed by atoms with van der Waals surface area (Å²) in [4.78, 5) is 11.3. The number of carbonyl (C=O) groups excluding carboxylic acids is 1. The van der Waals surface area contributed by atoms with Crippen molar-refractivity contribution in [3.63, 3.8) is 0 Å². The molecule has 0 amide bonds. The third-order valence-electron chi connectivity index (χ3n) is 2.20. The Morgan fingerprint density at radius 2 is 2.07 bits per heavy atom. The van der Waals surface area contributed by atoms with Crippen LogP contribution in [0.15, 0.2) is 35.9 Å². The van der Waals surface area contributed by atoms with Gasteiger partial charge >= 0.3 is 5.97 Å². The molecule has 1 aliphatic rings. The first-order valence-electron chi connectivity index (χ1n) is 4.44. The highest BCUT2D eigenvalue weighted by Gasteiger charge is 2.26. The van der Waals surface area contributed by atoms with Crippen molar-refractivity contribution in [1.82, 2.24) is 0 Å². The third kappa shape index (κ3) is 2.01. The number of hydrogen-bond donors (Lipinski definition) is 0. The highest BCUT2D eigenvalue weighted by atomic mass is 35.5. The minimum absolute atomic E-state index is 0.166. The van der Waals surface area contributed by atoms with Gasteiger partial charge in [0.05, 0.1) is 11.5 Å². The zero-order valence-electron chi connectivity index (χ0n) is 7.74. The van der Waals surface area contributed by atoms with Gasteiger partial charge in [0.25, 0.3) is 0 Å². The Kier molecular flexibility index (Phi) is 2.98. The van der Waals surface area contributed by atoms with E-state index in [4.69, 9.17) is 27.9 Å². The molecule has 1 atom stereocenters. The lowest BCUT2D eigenvalue weighted by molar-refractivity contribution is -0.139. The van der Waals surface area contributed by atoms with Crippen molar-refractivity contribution < 1.29 is 9.53 Å². The van der Waals surface area contributed by atoms with Crippen LogP contribution in [0.25, 0.3) is 0 Å². The molecule has 0 fully saturated rings. The van der Waals surface area contributed by atoms with Crippen LogP contribution < -0.4 is 0 Å². The summed E-state index contributed by atoms with van der Waals surface area (Å²) in [5.74, 6) is -0.199. The summed E-state index contributed by atoms with van der Waals surface area (Å²) >= 11 is 11.6. The average molecular weight is 243 g/mol. The highest BCUT2D eigenvalue weighted by molar-refractivity contribution is 6.31. The summed E-state index contributed by atoms with van der Waals surface area (Å²) in [6, 6.07) is 7.27. The standard InChI is InChI=1S/C11H8Cl2O2/c12-6-7-5-10(15-11(7)14)8-3-1-2-4-9(8)13/h1-5,10H,6H2. The average Bonchev–Trinajstić information content (AvgIpc) is 2.60. The Balaban J connectivity index is 2.32. The summed E-state index contributed by atoms with van der Waals surface area (Å²) in [7, 11) is 0. The first-order valence-corrected chi connectivity index (χ1v) is 5.35. The van der Waals surface area contributed by atoms with Crippen molar-refractivity contribution in [1.29, 1.82) is 0 Å². The molecule has 1 unspecified atom stereocenters. The van der Waals surface area contributed by atoms with E-state index in [1.807, 2.05) is 18.2 Å². The molecule has 0 radical (unpaired) electrons. The van der Waals surface area contributed by atoms with Crippen LogP contribution in [0.1, 0.15) is 11.7 Å². The molecule has 0 bridgehead atoms. The van der Waals surface area contributed by atoms with Gasteiger partial charge in [-0.05, 0) is 12.1 Å². The van der Waals surface area contributed by atoms with Gasteiger partial charge in [0, 0.05) is 10.6 Å². The highest BCUT2D eigenvalue weighted by Crippen LogP contribution is 2.32. The van der Waals surface area contributed by atoms with Crippen molar-refractivity contribution in [3.8, 4) is 0 Å². The van der Waals surface area contributed by atoms with E-state index in [0.717, 1.165) is 5.56 Å². The quantitative estimate of drug-likeness (QED) is 0.589. The number of ether oxygens (including phenoxy) is 1. The van der Waals surface area contributed by atoms with E-state index in [1.54, 1.807) is 12.1 Å². The number of halogens is 2. The molecule has 0 N–H and O–H groups in total. The van der Waals surface area contributed by atoms with Crippen LogP contribution in [0.3, 0.4) is 0 Å². The first kappa shape index (κ1) is 10.5. The summed E-state index contributed by atoms with van der Waals surface area (Å²) < 4.78 is 5.13. The van der Waals surface area contributed by atoms with E-state index in [-0.39, 0.29) is 11.8 Å². The fourth-order valence-electron chi connectivity index (χ4n) is 1.43. The summed E-state index contributed by atoms with van der Waals surface area (Å²) in [5.41, 5.74) is 1.27. The van der Waals surface area contributed by atoms with Crippen LogP contribution in [0.5, 0.6) is 0 Å². The third-order valence-corrected chi connectivity index (χ3v) is 2.84. The minimum atomic E-state index is -0.403. The van der Waals surface area contributed by atoms with Crippen LogP contribution >= 0.6 is 23.2 Å². The predicted molar refractivity (Wildman–Crippen MR) is 59.1 cm³/mol. The van der Waals surface area contributed by atoms with E-state index in [1.165, 1.54) is 0 Å². The normalized spacial score (nSPS) is 20.0. The van der Waals surface area contributed by atoms with Gasteiger partial charge in [0.15, 0.2) is 0 Å². The van der Waals surface area contributed by atoms with E-state index in [9.17, 15) is 4.79 Å². The van der Waals surface area contributed by atoms with Gasteiger partial charge in [-0.3, -0.25) is 0 Å². The largest absolute Gasteiger partial charge is 0.450 e.